The summed E-state index contributed by atoms with van der Waals surface area (Å²) in [4.78, 5) is 2.44. The summed E-state index contributed by atoms with van der Waals surface area (Å²) in [5.41, 5.74) is 10.6. The second-order valence-electron chi connectivity index (χ2n) is 7.81. The number of nitrogens with two attached hydrogens (primary N) is 1. The molecule has 0 bridgehead atoms. The van der Waals surface area contributed by atoms with Crippen LogP contribution in [0.3, 0.4) is 0 Å². The van der Waals surface area contributed by atoms with Crippen molar-refractivity contribution in [3.8, 4) is 0 Å². The van der Waals surface area contributed by atoms with Gasteiger partial charge in [-0.1, -0.05) is 63.2 Å². The number of anilines is 1. The molecule has 0 spiro atoms. The molecule has 0 aliphatic carbocycles. The highest BCUT2D eigenvalue weighted by Crippen LogP contribution is 2.31. The predicted octanol–water partition coefficient (Wildman–Crippen LogP) is 4.31. The van der Waals surface area contributed by atoms with Gasteiger partial charge in [0.2, 0.25) is 0 Å². The average Bonchev–Trinajstić information content (AvgIpc) is 2.54. The maximum Gasteiger partial charge on any atom is 0.0367 e. The van der Waals surface area contributed by atoms with Gasteiger partial charge < -0.3 is 10.6 Å². The molecule has 0 aromatic heterocycles. The molecule has 0 amide bonds. The van der Waals surface area contributed by atoms with E-state index in [0.29, 0.717) is 5.92 Å². The average molecular weight is 308 g/mol. The third kappa shape index (κ3) is 3.76. The van der Waals surface area contributed by atoms with Crippen molar-refractivity contribution >= 4 is 5.69 Å². The molecule has 2 unspecified atom stereocenters. The Balaban J connectivity index is 1.79. The van der Waals surface area contributed by atoms with Gasteiger partial charge in [-0.05, 0) is 35.1 Å². The maximum absolute atomic E-state index is 6.35. The first-order chi connectivity index (χ1) is 10.9. The van der Waals surface area contributed by atoms with E-state index in [-0.39, 0.29) is 11.5 Å². The first-order valence-electron chi connectivity index (χ1n) is 8.59. The zero-order valence-electron chi connectivity index (χ0n) is 14.5. The van der Waals surface area contributed by atoms with Crippen LogP contribution in [-0.2, 0) is 5.41 Å². The van der Waals surface area contributed by atoms with E-state index in [0.717, 1.165) is 19.5 Å². The number of benzene rings is 2. The van der Waals surface area contributed by atoms with Crippen molar-refractivity contribution in [1.29, 1.82) is 0 Å². The van der Waals surface area contributed by atoms with E-state index < -0.39 is 0 Å². The Morgan fingerprint density at radius 3 is 2.17 bits per heavy atom. The van der Waals surface area contributed by atoms with Crippen LogP contribution in [0.4, 0.5) is 5.69 Å². The first-order valence-corrected chi connectivity index (χ1v) is 8.59. The summed E-state index contributed by atoms with van der Waals surface area (Å²) in [5, 5.41) is 0. The van der Waals surface area contributed by atoms with Crippen LogP contribution in [0.2, 0.25) is 0 Å². The molecule has 2 atom stereocenters. The van der Waals surface area contributed by atoms with Gasteiger partial charge in [-0.3, -0.25) is 0 Å². The van der Waals surface area contributed by atoms with Crippen LogP contribution in [-0.4, -0.2) is 19.1 Å². The number of hydrogen-bond donors (Lipinski definition) is 1. The fraction of sp³-hybridized carbons (Fsp3) is 0.429. The molecule has 2 nitrogen and oxygen atoms in total. The second-order valence-corrected chi connectivity index (χ2v) is 7.81. The number of piperidine rings is 1. The molecule has 2 N–H and O–H groups in total. The molecular formula is C21H28N2. The molecule has 1 heterocycles. The monoisotopic (exact) mass is 308 g/mol. The lowest BCUT2D eigenvalue weighted by Gasteiger charge is -2.38. The normalized spacial score (nSPS) is 22.2. The van der Waals surface area contributed by atoms with E-state index in [1.165, 1.54) is 16.8 Å². The van der Waals surface area contributed by atoms with Crippen molar-refractivity contribution < 1.29 is 0 Å². The highest BCUT2D eigenvalue weighted by atomic mass is 15.2. The zero-order valence-corrected chi connectivity index (χ0v) is 14.5. The van der Waals surface area contributed by atoms with Crippen molar-refractivity contribution in [3.05, 3.63) is 65.7 Å². The smallest absolute Gasteiger partial charge is 0.0367 e. The van der Waals surface area contributed by atoms with E-state index in [1.54, 1.807) is 0 Å². The van der Waals surface area contributed by atoms with Gasteiger partial charge in [0, 0.05) is 30.7 Å². The molecule has 0 radical (unpaired) electrons. The zero-order chi connectivity index (χ0) is 16.4. The Morgan fingerprint density at radius 1 is 0.913 bits per heavy atom. The van der Waals surface area contributed by atoms with Crippen LogP contribution in [0.5, 0.6) is 0 Å². The molecule has 0 saturated carbocycles. The summed E-state index contributed by atoms with van der Waals surface area (Å²) >= 11 is 0. The van der Waals surface area contributed by atoms with Gasteiger partial charge in [0.1, 0.15) is 0 Å². The van der Waals surface area contributed by atoms with Crippen molar-refractivity contribution in [2.24, 2.45) is 5.73 Å². The molecule has 1 aliphatic rings. The van der Waals surface area contributed by atoms with Crippen LogP contribution in [0.25, 0.3) is 0 Å². The lowest BCUT2D eigenvalue weighted by atomic mass is 9.86. The van der Waals surface area contributed by atoms with Crippen molar-refractivity contribution in [1.82, 2.24) is 0 Å². The summed E-state index contributed by atoms with van der Waals surface area (Å²) in [6.07, 6.45) is 1.07. The van der Waals surface area contributed by atoms with Crippen molar-refractivity contribution in [2.45, 2.75) is 44.6 Å². The second kappa shape index (κ2) is 6.37. The Labute approximate surface area is 140 Å². The lowest BCUT2D eigenvalue weighted by molar-refractivity contribution is 0.454. The Morgan fingerprint density at radius 2 is 1.57 bits per heavy atom. The van der Waals surface area contributed by atoms with E-state index in [2.05, 4.69) is 80.3 Å². The first kappa shape index (κ1) is 16.1. The largest absolute Gasteiger partial charge is 0.369 e. The molecule has 3 rings (SSSR count). The van der Waals surface area contributed by atoms with E-state index >= 15 is 0 Å². The van der Waals surface area contributed by atoms with Crippen LogP contribution >= 0.6 is 0 Å². The molecule has 23 heavy (non-hydrogen) atoms. The molecule has 1 saturated heterocycles. The van der Waals surface area contributed by atoms with Crippen molar-refractivity contribution in [3.63, 3.8) is 0 Å². The van der Waals surface area contributed by atoms with Crippen LogP contribution < -0.4 is 10.6 Å². The Bertz CT molecular complexity index is 625. The number of nitrogens with zero attached hydrogens (tertiary/aromatic N) is 1. The third-order valence-electron chi connectivity index (χ3n) is 4.85. The van der Waals surface area contributed by atoms with Gasteiger partial charge in [0.15, 0.2) is 0 Å². The van der Waals surface area contributed by atoms with Gasteiger partial charge in [-0.15, -0.1) is 0 Å². The quantitative estimate of drug-likeness (QED) is 0.896. The summed E-state index contributed by atoms with van der Waals surface area (Å²) in [5.74, 6) is 0.516. The molecule has 2 aromatic carbocycles. The topological polar surface area (TPSA) is 29.3 Å². The summed E-state index contributed by atoms with van der Waals surface area (Å²) < 4.78 is 0. The van der Waals surface area contributed by atoms with Crippen LogP contribution in [0, 0.1) is 0 Å². The van der Waals surface area contributed by atoms with Crippen LogP contribution in [0.1, 0.15) is 44.2 Å². The summed E-state index contributed by atoms with van der Waals surface area (Å²) in [7, 11) is 0. The third-order valence-corrected chi connectivity index (χ3v) is 4.85. The summed E-state index contributed by atoms with van der Waals surface area (Å²) in [6.45, 7) is 8.75. The standard InChI is InChI=1S/C21H28N2/c1-21(2,3)18-9-11-20(12-10-18)23-14-17(13-19(22)15-23)16-7-5-4-6-8-16/h4-12,17,19H,13-15,22H2,1-3H3. The van der Waals surface area contributed by atoms with E-state index in [9.17, 15) is 0 Å². The van der Waals surface area contributed by atoms with Gasteiger partial charge >= 0.3 is 0 Å². The van der Waals surface area contributed by atoms with E-state index in [1.807, 2.05) is 0 Å². The van der Waals surface area contributed by atoms with Crippen molar-refractivity contribution in [2.75, 3.05) is 18.0 Å². The SMILES string of the molecule is CC(C)(C)c1ccc(N2CC(N)CC(c3ccccc3)C2)cc1. The predicted molar refractivity (Wildman–Crippen MR) is 99.1 cm³/mol. The van der Waals surface area contributed by atoms with Gasteiger partial charge in [-0.2, -0.15) is 0 Å². The van der Waals surface area contributed by atoms with E-state index in [4.69, 9.17) is 5.73 Å². The molecular weight excluding hydrogens is 280 g/mol. The minimum absolute atomic E-state index is 0.198. The number of hydrogen-bond acceptors (Lipinski definition) is 2. The maximum atomic E-state index is 6.35. The number of rotatable bonds is 2. The minimum atomic E-state index is 0.198. The van der Waals surface area contributed by atoms with Crippen LogP contribution in [0.15, 0.2) is 54.6 Å². The summed E-state index contributed by atoms with van der Waals surface area (Å²) in [6, 6.07) is 20.0. The fourth-order valence-corrected chi connectivity index (χ4v) is 3.49. The molecule has 2 aromatic rings. The molecule has 122 valence electrons. The highest BCUT2D eigenvalue weighted by molar-refractivity contribution is 5.50. The minimum Gasteiger partial charge on any atom is -0.369 e. The van der Waals surface area contributed by atoms with Gasteiger partial charge in [0.25, 0.3) is 0 Å². The Hall–Kier alpha value is -1.80. The molecule has 1 fully saturated rings. The molecule has 1 aliphatic heterocycles. The van der Waals surface area contributed by atoms with Gasteiger partial charge in [-0.25, -0.2) is 0 Å². The lowest BCUT2D eigenvalue weighted by Crippen LogP contribution is -2.46. The highest BCUT2D eigenvalue weighted by Gasteiger charge is 2.26. The molecule has 2 heteroatoms. The van der Waals surface area contributed by atoms with Gasteiger partial charge in [0.05, 0.1) is 0 Å². The Kier molecular flexibility index (Phi) is 4.45. The fourth-order valence-electron chi connectivity index (χ4n) is 3.49.